The van der Waals surface area contributed by atoms with Gasteiger partial charge in [-0.15, -0.1) is 0 Å². The fourth-order valence-corrected chi connectivity index (χ4v) is 2.83. The summed E-state index contributed by atoms with van der Waals surface area (Å²) in [5.41, 5.74) is 0. The number of nitrogens with zero attached hydrogens (tertiary/aromatic N) is 1. The van der Waals surface area contributed by atoms with Crippen LogP contribution in [0.1, 0.15) is 71.6 Å². The van der Waals surface area contributed by atoms with Crippen LogP contribution < -0.4 is 5.32 Å². The number of rotatable bonds is 6. The first-order valence-corrected chi connectivity index (χ1v) is 7.80. The van der Waals surface area contributed by atoms with Gasteiger partial charge in [0.25, 0.3) is 0 Å². The second-order valence-corrected chi connectivity index (χ2v) is 6.25. The summed E-state index contributed by atoms with van der Waals surface area (Å²) in [5.74, 6) is 0.686. The molecule has 1 unspecified atom stereocenters. The largest absolute Gasteiger partial charge is 0.353 e. The summed E-state index contributed by atoms with van der Waals surface area (Å²) in [4.78, 5) is 11.9. The second kappa shape index (κ2) is 8.96. The van der Waals surface area contributed by atoms with Crippen molar-refractivity contribution < 1.29 is 4.79 Å². The number of amides is 1. The zero-order valence-corrected chi connectivity index (χ0v) is 12.5. The third kappa shape index (κ3) is 7.20. The van der Waals surface area contributed by atoms with Gasteiger partial charge in [0.05, 0.1) is 6.07 Å². The van der Waals surface area contributed by atoms with Gasteiger partial charge in [-0.2, -0.15) is 5.26 Å². The predicted molar refractivity (Wildman–Crippen MR) is 77.4 cm³/mol. The average molecular weight is 264 g/mol. The molecule has 0 aromatic heterocycles. The fourth-order valence-electron chi connectivity index (χ4n) is 2.83. The van der Waals surface area contributed by atoms with E-state index < -0.39 is 0 Å². The van der Waals surface area contributed by atoms with Crippen molar-refractivity contribution in [3.63, 3.8) is 0 Å². The lowest BCUT2D eigenvalue weighted by Crippen LogP contribution is -2.34. The smallest absolute Gasteiger partial charge is 0.220 e. The normalized spacial score (nSPS) is 18.6. The fraction of sp³-hybridized carbons (Fsp3) is 0.875. The van der Waals surface area contributed by atoms with Gasteiger partial charge in [0.15, 0.2) is 0 Å². The molecular weight excluding hydrogens is 236 g/mol. The summed E-state index contributed by atoms with van der Waals surface area (Å²) in [5, 5.41) is 12.2. The first-order valence-electron chi connectivity index (χ1n) is 7.80. The Hall–Kier alpha value is -1.04. The predicted octanol–water partition coefficient (Wildman–Crippen LogP) is 3.79. The standard InChI is InChI=1S/C16H28N2O/c1-13(2)11-14(12-17)9-10-16(19)18-15-7-5-3-4-6-8-15/h13-15H,3-11H2,1-2H3,(H,18,19). The van der Waals surface area contributed by atoms with E-state index in [0.717, 1.165) is 19.3 Å². The summed E-state index contributed by atoms with van der Waals surface area (Å²) in [7, 11) is 0. The molecule has 3 heteroatoms. The van der Waals surface area contributed by atoms with Crippen LogP contribution in [0, 0.1) is 23.2 Å². The van der Waals surface area contributed by atoms with Crippen LogP contribution in [0.15, 0.2) is 0 Å². The molecule has 0 saturated heterocycles. The molecule has 1 saturated carbocycles. The Morgan fingerprint density at radius 3 is 2.42 bits per heavy atom. The van der Waals surface area contributed by atoms with Crippen molar-refractivity contribution in [1.82, 2.24) is 5.32 Å². The van der Waals surface area contributed by atoms with Crippen LogP contribution in [-0.4, -0.2) is 11.9 Å². The van der Waals surface area contributed by atoms with Crippen LogP contribution in [0.5, 0.6) is 0 Å². The minimum absolute atomic E-state index is 0.0277. The molecule has 1 rings (SSSR count). The van der Waals surface area contributed by atoms with Crippen molar-refractivity contribution in [1.29, 1.82) is 5.26 Å². The minimum atomic E-state index is 0.0277. The molecular formula is C16H28N2O. The number of nitrogens with one attached hydrogen (secondary N) is 1. The van der Waals surface area contributed by atoms with E-state index in [-0.39, 0.29) is 11.8 Å². The molecule has 1 N–H and O–H groups in total. The van der Waals surface area contributed by atoms with Gasteiger partial charge in [-0.1, -0.05) is 39.5 Å². The van der Waals surface area contributed by atoms with Crippen molar-refractivity contribution in [3.05, 3.63) is 0 Å². The molecule has 0 aromatic carbocycles. The molecule has 1 aliphatic carbocycles. The van der Waals surface area contributed by atoms with Gasteiger partial charge in [0.2, 0.25) is 5.91 Å². The maximum atomic E-state index is 11.9. The van der Waals surface area contributed by atoms with E-state index in [4.69, 9.17) is 5.26 Å². The Morgan fingerprint density at radius 2 is 1.89 bits per heavy atom. The number of carbonyl (C=O) groups excluding carboxylic acids is 1. The van der Waals surface area contributed by atoms with Gasteiger partial charge in [-0.25, -0.2) is 0 Å². The summed E-state index contributed by atoms with van der Waals surface area (Å²) >= 11 is 0. The molecule has 1 fully saturated rings. The SMILES string of the molecule is CC(C)CC(C#N)CCC(=O)NC1CCCCCC1. The highest BCUT2D eigenvalue weighted by molar-refractivity contribution is 5.76. The molecule has 3 nitrogen and oxygen atoms in total. The highest BCUT2D eigenvalue weighted by Crippen LogP contribution is 2.19. The van der Waals surface area contributed by atoms with Crippen molar-refractivity contribution in [3.8, 4) is 6.07 Å². The van der Waals surface area contributed by atoms with Crippen molar-refractivity contribution in [2.45, 2.75) is 77.7 Å². The highest BCUT2D eigenvalue weighted by Gasteiger charge is 2.16. The Bertz CT molecular complexity index is 298. The number of hydrogen-bond acceptors (Lipinski definition) is 2. The lowest BCUT2D eigenvalue weighted by molar-refractivity contribution is -0.122. The van der Waals surface area contributed by atoms with Crippen LogP contribution in [0.4, 0.5) is 0 Å². The van der Waals surface area contributed by atoms with E-state index >= 15 is 0 Å². The number of hydrogen-bond donors (Lipinski definition) is 1. The van der Waals surface area contributed by atoms with Crippen molar-refractivity contribution in [2.24, 2.45) is 11.8 Å². The average Bonchev–Trinajstić information content (AvgIpc) is 2.62. The Morgan fingerprint density at radius 1 is 1.26 bits per heavy atom. The molecule has 0 bridgehead atoms. The molecule has 1 aliphatic rings. The van der Waals surface area contributed by atoms with Crippen molar-refractivity contribution in [2.75, 3.05) is 0 Å². The Balaban J connectivity index is 2.24. The monoisotopic (exact) mass is 264 g/mol. The van der Waals surface area contributed by atoms with Gasteiger partial charge in [-0.3, -0.25) is 4.79 Å². The molecule has 0 heterocycles. The maximum absolute atomic E-state index is 11.9. The summed E-state index contributed by atoms with van der Waals surface area (Å²) < 4.78 is 0. The molecule has 108 valence electrons. The van der Waals surface area contributed by atoms with Crippen LogP contribution in [0.2, 0.25) is 0 Å². The summed E-state index contributed by atoms with van der Waals surface area (Å²) in [6, 6.07) is 2.70. The van der Waals surface area contributed by atoms with Crippen LogP contribution in [0.25, 0.3) is 0 Å². The van der Waals surface area contributed by atoms with Crippen molar-refractivity contribution >= 4 is 5.91 Å². The summed E-state index contributed by atoms with van der Waals surface area (Å²) in [6.45, 7) is 4.24. The quantitative estimate of drug-likeness (QED) is 0.742. The first-order chi connectivity index (χ1) is 9.11. The lowest BCUT2D eigenvalue weighted by Gasteiger charge is -2.17. The van der Waals surface area contributed by atoms with Gasteiger partial charge in [-0.05, 0) is 31.6 Å². The molecule has 1 atom stereocenters. The Kier molecular flexibility index (Phi) is 7.55. The zero-order valence-electron chi connectivity index (χ0n) is 12.5. The van der Waals surface area contributed by atoms with Crippen LogP contribution in [0.3, 0.4) is 0 Å². The summed E-state index contributed by atoms with van der Waals surface area (Å²) in [6.07, 6.45) is 9.42. The van der Waals surface area contributed by atoms with Crippen LogP contribution >= 0.6 is 0 Å². The number of nitriles is 1. The molecule has 0 spiro atoms. The number of carbonyl (C=O) groups is 1. The van der Waals surface area contributed by atoms with E-state index in [1.54, 1.807) is 0 Å². The van der Waals surface area contributed by atoms with E-state index in [9.17, 15) is 4.79 Å². The van der Waals surface area contributed by atoms with E-state index in [1.807, 2.05) is 0 Å². The van der Waals surface area contributed by atoms with Gasteiger partial charge in [0, 0.05) is 18.4 Å². The topological polar surface area (TPSA) is 52.9 Å². The van der Waals surface area contributed by atoms with Crippen LogP contribution in [-0.2, 0) is 4.79 Å². The highest BCUT2D eigenvalue weighted by atomic mass is 16.1. The second-order valence-electron chi connectivity index (χ2n) is 6.25. The zero-order chi connectivity index (χ0) is 14.1. The van der Waals surface area contributed by atoms with E-state index in [0.29, 0.717) is 24.8 Å². The minimum Gasteiger partial charge on any atom is -0.353 e. The third-order valence-corrected chi connectivity index (χ3v) is 3.88. The van der Waals surface area contributed by atoms with Gasteiger partial charge >= 0.3 is 0 Å². The molecule has 19 heavy (non-hydrogen) atoms. The molecule has 0 aromatic rings. The first kappa shape index (κ1) is 16.0. The molecule has 0 aliphatic heterocycles. The molecule has 1 amide bonds. The molecule has 0 radical (unpaired) electrons. The van der Waals surface area contributed by atoms with Gasteiger partial charge < -0.3 is 5.32 Å². The van der Waals surface area contributed by atoms with E-state index in [2.05, 4.69) is 25.2 Å². The Labute approximate surface area is 117 Å². The van der Waals surface area contributed by atoms with E-state index in [1.165, 1.54) is 25.7 Å². The van der Waals surface area contributed by atoms with Gasteiger partial charge in [0.1, 0.15) is 0 Å². The maximum Gasteiger partial charge on any atom is 0.220 e. The third-order valence-electron chi connectivity index (χ3n) is 3.88. The lowest BCUT2D eigenvalue weighted by atomic mass is 9.94.